The zero-order valence-electron chi connectivity index (χ0n) is 15.2. The van der Waals surface area contributed by atoms with E-state index in [2.05, 4.69) is 30.9 Å². The van der Waals surface area contributed by atoms with Crippen molar-refractivity contribution in [2.24, 2.45) is 0 Å². The number of aromatic nitrogens is 2. The van der Waals surface area contributed by atoms with Crippen molar-refractivity contribution in [2.75, 3.05) is 32.5 Å². The molecule has 1 saturated heterocycles. The first kappa shape index (κ1) is 17.0. The van der Waals surface area contributed by atoms with Gasteiger partial charge in [-0.25, -0.2) is 4.68 Å². The number of benzene rings is 1. The third-order valence-electron chi connectivity index (χ3n) is 5.61. The quantitative estimate of drug-likeness (QED) is 0.791. The van der Waals surface area contributed by atoms with Crippen molar-refractivity contribution in [3.63, 3.8) is 0 Å². The van der Waals surface area contributed by atoms with Crippen LogP contribution < -0.4 is 10.9 Å². The van der Waals surface area contributed by atoms with Crippen LogP contribution in [0.2, 0.25) is 0 Å². The Balaban J connectivity index is 1.96. The van der Waals surface area contributed by atoms with Crippen LogP contribution in [0.4, 0.5) is 0 Å². The van der Waals surface area contributed by atoms with E-state index < -0.39 is 7.14 Å². The summed E-state index contributed by atoms with van der Waals surface area (Å²) in [5.41, 5.74) is 1.09. The van der Waals surface area contributed by atoms with E-state index in [9.17, 15) is 9.36 Å². The summed E-state index contributed by atoms with van der Waals surface area (Å²) in [5.74, 6) is 0.274. The average molecular weight is 359 g/mol. The van der Waals surface area contributed by atoms with Gasteiger partial charge in [-0.05, 0) is 37.4 Å². The summed E-state index contributed by atoms with van der Waals surface area (Å²) in [4.78, 5) is 15.1. The third kappa shape index (κ3) is 2.88. The van der Waals surface area contributed by atoms with Crippen molar-refractivity contribution < 1.29 is 4.57 Å². The van der Waals surface area contributed by atoms with Gasteiger partial charge < -0.3 is 9.46 Å². The highest BCUT2D eigenvalue weighted by Crippen LogP contribution is 2.49. The molecule has 0 unspecified atom stereocenters. The van der Waals surface area contributed by atoms with Crippen molar-refractivity contribution >= 4 is 23.2 Å². The maximum atomic E-state index is 13.9. The molecule has 4 rings (SSSR count). The molecule has 0 amide bonds. The van der Waals surface area contributed by atoms with Gasteiger partial charge in [-0.3, -0.25) is 4.79 Å². The summed E-state index contributed by atoms with van der Waals surface area (Å²) < 4.78 is 15.5. The highest BCUT2D eigenvalue weighted by molar-refractivity contribution is 7.72. The topological polar surface area (TPSA) is 55.2 Å². The summed E-state index contributed by atoms with van der Waals surface area (Å²) in [6, 6.07) is 4.20. The van der Waals surface area contributed by atoms with Crippen LogP contribution in [0.5, 0.6) is 0 Å². The van der Waals surface area contributed by atoms with Gasteiger partial charge in [-0.15, -0.1) is 0 Å². The molecule has 2 heterocycles. The molecule has 6 heteroatoms. The molecular weight excluding hydrogens is 333 g/mol. The summed E-state index contributed by atoms with van der Waals surface area (Å²) in [5, 5.41) is 6.87. The van der Waals surface area contributed by atoms with Gasteiger partial charge in [0.05, 0.1) is 17.6 Å². The molecule has 1 aromatic heterocycles. The van der Waals surface area contributed by atoms with Crippen molar-refractivity contribution in [3.05, 3.63) is 34.2 Å². The summed E-state index contributed by atoms with van der Waals surface area (Å²) in [6.45, 7) is 5.95. The summed E-state index contributed by atoms with van der Waals surface area (Å²) >= 11 is 0. The molecule has 2 aromatic rings. The predicted octanol–water partition coefficient (Wildman–Crippen LogP) is 2.79. The molecule has 5 nitrogen and oxygen atoms in total. The molecule has 2 fully saturated rings. The van der Waals surface area contributed by atoms with E-state index in [4.69, 9.17) is 0 Å². The van der Waals surface area contributed by atoms with Crippen molar-refractivity contribution in [3.8, 4) is 0 Å². The Morgan fingerprint density at radius 3 is 2.44 bits per heavy atom. The lowest BCUT2D eigenvalue weighted by Gasteiger charge is -2.32. The molecular formula is C19H26N3O2P. The Morgan fingerprint density at radius 1 is 1.16 bits per heavy atom. The molecule has 134 valence electrons. The fourth-order valence-corrected chi connectivity index (χ4v) is 7.27. The van der Waals surface area contributed by atoms with Crippen LogP contribution in [0.3, 0.4) is 0 Å². The average Bonchev–Trinajstić information content (AvgIpc) is 3.42. The maximum absolute atomic E-state index is 13.9. The number of hydrogen-bond donors (Lipinski definition) is 0. The zero-order valence-corrected chi connectivity index (χ0v) is 16.1. The van der Waals surface area contributed by atoms with Gasteiger partial charge in [0.1, 0.15) is 7.14 Å². The second-order valence-electron chi connectivity index (χ2n) is 7.88. The standard InChI is InChI=1S/C19H26N3O2P/c1-13(2)15-6-7-16-17(12-20-22(19(16)23)14-4-5-14)18(15)25(24)10-8-21(3)9-11-25/h6-7,12-14H,4-5,8-11H2,1-3H3. The van der Waals surface area contributed by atoms with E-state index in [-0.39, 0.29) is 17.5 Å². The smallest absolute Gasteiger partial charge is 0.274 e. The van der Waals surface area contributed by atoms with E-state index in [0.29, 0.717) is 17.7 Å². The minimum atomic E-state index is -2.51. The normalized spacial score (nSPS) is 21.1. The Kier molecular flexibility index (Phi) is 4.12. The number of nitrogens with zero attached hydrogens (tertiary/aromatic N) is 3. The highest BCUT2D eigenvalue weighted by Gasteiger charge is 2.34. The second kappa shape index (κ2) is 6.07. The van der Waals surface area contributed by atoms with Gasteiger partial charge in [0.2, 0.25) is 0 Å². The molecule has 25 heavy (non-hydrogen) atoms. The minimum Gasteiger partial charge on any atom is -0.318 e. The van der Waals surface area contributed by atoms with Gasteiger partial charge >= 0.3 is 0 Å². The van der Waals surface area contributed by atoms with Crippen molar-refractivity contribution in [2.45, 2.75) is 38.6 Å². The molecule has 0 atom stereocenters. The van der Waals surface area contributed by atoms with Crippen LogP contribution in [-0.4, -0.2) is 47.1 Å². The summed E-state index contributed by atoms with van der Waals surface area (Å²) in [7, 11) is -0.438. The second-order valence-corrected chi connectivity index (χ2v) is 11.0. The van der Waals surface area contributed by atoms with Crippen LogP contribution in [-0.2, 0) is 4.57 Å². The molecule has 1 aliphatic heterocycles. The lowest BCUT2D eigenvalue weighted by Crippen LogP contribution is -2.35. The first-order valence-corrected chi connectivity index (χ1v) is 11.3. The Bertz CT molecular complexity index is 918. The molecule has 0 bridgehead atoms. The highest BCUT2D eigenvalue weighted by atomic mass is 31.2. The van der Waals surface area contributed by atoms with Gasteiger partial charge in [-0.1, -0.05) is 19.9 Å². The van der Waals surface area contributed by atoms with Crippen molar-refractivity contribution in [1.82, 2.24) is 14.7 Å². The Labute approximate surface area is 148 Å². The van der Waals surface area contributed by atoms with E-state index in [0.717, 1.165) is 42.2 Å². The molecule has 1 aromatic carbocycles. The van der Waals surface area contributed by atoms with Crippen LogP contribution >= 0.6 is 7.14 Å². The lowest BCUT2D eigenvalue weighted by atomic mass is 10.0. The maximum Gasteiger partial charge on any atom is 0.274 e. The van der Waals surface area contributed by atoms with Crippen LogP contribution in [0.15, 0.2) is 23.1 Å². The van der Waals surface area contributed by atoms with E-state index >= 15 is 0 Å². The first-order chi connectivity index (χ1) is 11.9. The fraction of sp³-hybridized carbons (Fsp3) is 0.579. The molecule has 1 saturated carbocycles. The van der Waals surface area contributed by atoms with Gasteiger partial charge in [-0.2, -0.15) is 5.10 Å². The van der Waals surface area contributed by atoms with Crippen LogP contribution in [0, 0.1) is 0 Å². The van der Waals surface area contributed by atoms with Gasteiger partial charge in [0.25, 0.3) is 5.56 Å². The zero-order chi connectivity index (χ0) is 17.8. The summed E-state index contributed by atoms with van der Waals surface area (Å²) in [6.07, 6.45) is 5.23. The lowest BCUT2D eigenvalue weighted by molar-refractivity contribution is 0.361. The SMILES string of the molecule is CC(C)c1ccc2c(=O)n(C3CC3)ncc2c1P1(=O)CCN(C)CC1. The molecule has 0 N–H and O–H groups in total. The van der Waals surface area contributed by atoms with E-state index in [1.54, 1.807) is 10.9 Å². The Hall–Kier alpha value is -1.45. The Morgan fingerprint density at radius 2 is 1.84 bits per heavy atom. The molecule has 2 aliphatic rings. The van der Waals surface area contributed by atoms with Crippen molar-refractivity contribution in [1.29, 1.82) is 0 Å². The third-order valence-corrected chi connectivity index (χ3v) is 8.77. The molecule has 0 spiro atoms. The number of hydrogen-bond acceptors (Lipinski definition) is 4. The predicted molar refractivity (Wildman–Crippen MR) is 103 cm³/mol. The van der Waals surface area contributed by atoms with Crippen LogP contribution in [0.1, 0.15) is 44.2 Å². The number of fused-ring (bicyclic) bond motifs is 1. The molecule has 0 radical (unpaired) electrons. The first-order valence-electron chi connectivity index (χ1n) is 9.22. The fourth-order valence-electron chi connectivity index (χ4n) is 3.85. The van der Waals surface area contributed by atoms with Gasteiger partial charge in [0.15, 0.2) is 0 Å². The number of rotatable bonds is 3. The van der Waals surface area contributed by atoms with Crippen LogP contribution in [0.25, 0.3) is 10.8 Å². The van der Waals surface area contributed by atoms with Gasteiger partial charge in [0, 0.05) is 36.1 Å². The minimum absolute atomic E-state index is 0.0303. The van der Waals surface area contributed by atoms with E-state index in [1.165, 1.54) is 0 Å². The monoisotopic (exact) mass is 359 g/mol. The van der Waals surface area contributed by atoms with E-state index in [1.807, 2.05) is 12.1 Å². The largest absolute Gasteiger partial charge is 0.318 e. The molecule has 1 aliphatic carbocycles.